The van der Waals surface area contributed by atoms with Crippen LogP contribution < -0.4 is 0 Å². The van der Waals surface area contributed by atoms with E-state index >= 15 is 0 Å². The third-order valence-corrected chi connectivity index (χ3v) is 4.23. The topological polar surface area (TPSA) is 64.7 Å². The van der Waals surface area contributed by atoms with Gasteiger partial charge in [-0.25, -0.2) is 0 Å². The first-order valence-corrected chi connectivity index (χ1v) is 6.08. The molecule has 1 fully saturated rings. The van der Waals surface area contributed by atoms with Crippen molar-refractivity contribution in [1.82, 2.24) is 0 Å². The van der Waals surface area contributed by atoms with Gasteiger partial charge in [0.15, 0.2) is 0 Å². The lowest BCUT2D eigenvalue weighted by atomic mass is 9.62. The molecule has 0 saturated heterocycles. The second-order valence-corrected chi connectivity index (χ2v) is 5.09. The molecule has 0 bridgehead atoms. The molecule has 5 nitrogen and oxygen atoms in total. The molecule has 1 aromatic carbocycles. The molecule has 1 aliphatic carbocycles. The van der Waals surface area contributed by atoms with Crippen LogP contribution in [0.4, 0.5) is 5.69 Å². The van der Waals surface area contributed by atoms with Crippen LogP contribution >= 0.6 is 0 Å². The zero-order valence-corrected chi connectivity index (χ0v) is 10.2. The number of hydrogen-bond acceptors (Lipinski definition) is 4. The summed E-state index contributed by atoms with van der Waals surface area (Å²) < 4.78 is 0. The molecule has 0 aromatic heterocycles. The Morgan fingerprint density at radius 1 is 1.22 bits per heavy atom. The molecule has 1 aliphatic heterocycles. The first kappa shape index (κ1) is 11.2. The molecule has 0 unspecified atom stereocenters. The molecule has 18 heavy (non-hydrogen) atoms. The predicted octanol–water partition coefficient (Wildman–Crippen LogP) is 2.60. The predicted molar refractivity (Wildman–Crippen MR) is 66.3 cm³/mol. The van der Waals surface area contributed by atoms with E-state index in [0.29, 0.717) is 17.8 Å². The summed E-state index contributed by atoms with van der Waals surface area (Å²) in [6.45, 7) is 4.36. The molecule has 2 aliphatic rings. The molecule has 1 saturated carbocycles. The molecule has 94 valence electrons. The first-order valence-electron chi connectivity index (χ1n) is 6.08. The number of hydrogen-bond donors (Lipinski definition) is 0. The van der Waals surface area contributed by atoms with Crippen LogP contribution in [-0.4, -0.2) is 16.7 Å². The van der Waals surface area contributed by atoms with Gasteiger partial charge in [-0.2, -0.15) is 0 Å². The quantitative estimate of drug-likeness (QED) is 0.595. The third-order valence-electron chi connectivity index (χ3n) is 4.23. The average Bonchev–Trinajstić information content (AvgIpc) is 2.79. The van der Waals surface area contributed by atoms with Crippen molar-refractivity contribution in [3.05, 3.63) is 39.9 Å². The van der Waals surface area contributed by atoms with Gasteiger partial charge in [-0.05, 0) is 24.0 Å². The second kappa shape index (κ2) is 3.80. The van der Waals surface area contributed by atoms with Crippen molar-refractivity contribution in [3.63, 3.8) is 0 Å². The van der Waals surface area contributed by atoms with Crippen LogP contribution in [0.5, 0.6) is 0 Å². The Morgan fingerprint density at radius 3 is 2.50 bits per heavy atom. The zero-order valence-electron chi connectivity index (χ0n) is 10.2. The fourth-order valence-corrected chi connectivity index (χ4v) is 2.85. The van der Waals surface area contributed by atoms with E-state index in [9.17, 15) is 10.1 Å². The number of non-ortho nitro benzene ring substituents is 1. The maximum absolute atomic E-state index is 10.6. The van der Waals surface area contributed by atoms with Crippen molar-refractivity contribution >= 4 is 11.4 Å². The van der Waals surface area contributed by atoms with Gasteiger partial charge in [-0.1, -0.05) is 19.0 Å². The summed E-state index contributed by atoms with van der Waals surface area (Å²) in [5.41, 5.74) is 1.96. The second-order valence-electron chi connectivity index (χ2n) is 5.09. The van der Waals surface area contributed by atoms with Crippen molar-refractivity contribution in [3.8, 4) is 0 Å². The molecule has 1 heterocycles. The van der Waals surface area contributed by atoms with Crippen LogP contribution in [0.15, 0.2) is 29.4 Å². The summed E-state index contributed by atoms with van der Waals surface area (Å²) in [7, 11) is 0. The Hall–Kier alpha value is -1.91. The van der Waals surface area contributed by atoms with Gasteiger partial charge in [0.1, 0.15) is 6.10 Å². The van der Waals surface area contributed by atoms with Crippen LogP contribution in [0.1, 0.15) is 19.4 Å². The lowest BCUT2D eigenvalue weighted by Gasteiger charge is -2.42. The normalized spacial score (nSPS) is 33.1. The molecule has 3 rings (SSSR count). The fourth-order valence-electron chi connectivity index (χ4n) is 2.85. The number of nitro groups is 1. The minimum absolute atomic E-state index is 0.102. The molecule has 4 atom stereocenters. The molecule has 0 N–H and O–H groups in total. The smallest absolute Gasteiger partial charge is 0.269 e. The van der Waals surface area contributed by atoms with Crippen LogP contribution in [0.25, 0.3) is 0 Å². The molecule has 1 aromatic rings. The molecule has 5 heteroatoms. The minimum atomic E-state index is -0.395. The lowest BCUT2D eigenvalue weighted by Crippen LogP contribution is -2.49. The van der Waals surface area contributed by atoms with Gasteiger partial charge >= 0.3 is 0 Å². The Bertz CT molecular complexity index is 524. The Labute approximate surface area is 105 Å². The van der Waals surface area contributed by atoms with Crippen molar-refractivity contribution in [2.75, 3.05) is 0 Å². The van der Waals surface area contributed by atoms with Crippen LogP contribution in [0.2, 0.25) is 0 Å². The van der Waals surface area contributed by atoms with E-state index < -0.39 is 4.92 Å². The number of nitro benzene ring substituents is 1. The van der Waals surface area contributed by atoms with Gasteiger partial charge in [-0.15, -0.1) is 0 Å². The molecular weight excluding hydrogens is 232 g/mol. The van der Waals surface area contributed by atoms with Gasteiger partial charge < -0.3 is 4.84 Å². The van der Waals surface area contributed by atoms with Gasteiger partial charge in [0, 0.05) is 23.6 Å². The highest BCUT2D eigenvalue weighted by atomic mass is 16.6. The monoisotopic (exact) mass is 246 g/mol. The van der Waals surface area contributed by atoms with Crippen molar-refractivity contribution in [2.45, 2.75) is 20.0 Å². The Balaban J connectivity index is 1.86. The number of fused-ring (bicyclic) bond motifs is 1. The van der Waals surface area contributed by atoms with E-state index in [2.05, 4.69) is 19.0 Å². The molecular formula is C13H14N2O3. The number of rotatable bonds is 2. The first-order chi connectivity index (χ1) is 8.59. The summed E-state index contributed by atoms with van der Waals surface area (Å²) in [5, 5.41) is 14.8. The number of oxime groups is 1. The largest absolute Gasteiger partial charge is 0.391 e. The maximum atomic E-state index is 10.6. The van der Waals surface area contributed by atoms with Crippen LogP contribution in [0.3, 0.4) is 0 Å². The summed E-state index contributed by atoms with van der Waals surface area (Å²) >= 11 is 0. The van der Waals surface area contributed by atoms with Gasteiger partial charge in [0.05, 0.1) is 10.6 Å². The van der Waals surface area contributed by atoms with E-state index in [4.69, 9.17) is 4.84 Å². The molecule has 0 spiro atoms. The van der Waals surface area contributed by atoms with Gasteiger partial charge in [0.25, 0.3) is 5.69 Å². The van der Waals surface area contributed by atoms with Crippen molar-refractivity contribution < 1.29 is 9.76 Å². The fraction of sp³-hybridized carbons (Fsp3) is 0.462. The maximum Gasteiger partial charge on any atom is 0.269 e. The van der Waals surface area contributed by atoms with E-state index in [1.165, 1.54) is 12.1 Å². The van der Waals surface area contributed by atoms with Crippen LogP contribution in [0, 0.1) is 27.9 Å². The third kappa shape index (κ3) is 1.43. The molecule has 0 amide bonds. The minimum Gasteiger partial charge on any atom is -0.391 e. The SMILES string of the molecule is C[C@@H]1[C@H](C)[C@@H]2C(c3ccc([N+](=O)[O-])cc3)=NO[C@H]12. The average molecular weight is 246 g/mol. The highest BCUT2D eigenvalue weighted by molar-refractivity contribution is 6.04. The summed E-state index contributed by atoms with van der Waals surface area (Å²) in [6.07, 6.45) is 0.185. The van der Waals surface area contributed by atoms with E-state index in [-0.39, 0.29) is 11.8 Å². The number of nitrogens with zero attached hydrogens (tertiary/aromatic N) is 2. The Morgan fingerprint density at radius 2 is 1.89 bits per heavy atom. The van der Waals surface area contributed by atoms with E-state index in [0.717, 1.165) is 11.3 Å². The number of benzene rings is 1. The summed E-state index contributed by atoms with van der Waals surface area (Å²) in [6, 6.07) is 6.52. The highest BCUT2D eigenvalue weighted by Crippen LogP contribution is 2.47. The van der Waals surface area contributed by atoms with Crippen molar-refractivity contribution in [1.29, 1.82) is 0 Å². The zero-order chi connectivity index (χ0) is 12.9. The Kier molecular flexibility index (Phi) is 2.36. The highest BCUT2D eigenvalue weighted by Gasteiger charge is 2.53. The lowest BCUT2D eigenvalue weighted by molar-refractivity contribution is -0.384. The molecule has 0 radical (unpaired) electrons. The van der Waals surface area contributed by atoms with E-state index in [1.807, 2.05) is 0 Å². The van der Waals surface area contributed by atoms with Gasteiger partial charge in [-0.3, -0.25) is 10.1 Å². The van der Waals surface area contributed by atoms with Gasteiger partial charge in [0.2, 0.25) is 0 Å². The van der Waals surface area contributed by atoms with Crippen molar-refractivity contribution in [2.24, 2.45) is 22.9 Å². The summed E-state index contributed by atoms with van der Waals surface area (Å²) in [5.74, 6) is 1.40. The van der Waals surface area contributed by atoms with Crippen LogP contribution in [-0.2, 0) is 4.84 Å². The standard InChI is InChI=1S/C13H14N2O3/c1-7-8(2)13-11(7)12(14-18-13)9-3-5-10(6-4-9)15(16)17/h3-8,11,13H,1-2H3/t7-,8+,11+,13+/m0/s1. The summed E-state index contributed by atoms with van der Waals surface area (Å²) in [4.78, 5) is 15.6. The van der Waals surface area contributed by atoms with E-state index in [1.54, 1.807) is 12.1 Å².